The molecule has 5 heteroatoms. The minimum Gasteiger partial charge on any atom is -0.374 e. The van der Waals surface area contributed by atoms with Gasteiger partial charge in [0.15, 0.2) is 23.3 Å². The molecule has 2 aromatic carbocycles. The van der Waals surface area contributed by atoms with E-state index in [1.807, 2.05) is 19.1 Å². The van der Waals surface area contributed by atoms with Crippen LogP contribution in [0.15, 0.2) is 30.3 Å². The van der Waals surface area contributed by atoms with Crippen molar-refractivity contribution in [2.45, 2.75) is 19.9 Å². The lowest BCUT2D eigenvalue weighted by Crippen LogP contribution is -2.11. The molecular formula is C15H13F4N. The molecule has 0 aliphatic heterocycles. The summed E-state index contributed by atoms with van der Waals surface area (Å²) in [4.78, 5) is 0. The summed E-state index contributed by atoms with van der Waals surface area (Å²) in [5, 5.41) is 2.47. The minimum atomic E-state index is -1.43. The molecule has 0 saturated carbocycles. The van der Waals surface area contributed by atoms with Crippen LogP contribution in [0.25, 0.3) is 0 Å². The summed E-state index contributed by atoms with van der Waals surface area (Å²) in [6.45, 7) is 3.52. The van der Waals surface area contributed by atoms with Crippen molar-refractivity contribution >= 4 is 5.69 Å². The summed E-state index contributed by atoms with van der Waals surface area (Å²) < 4.78 is 53.3. The molecule has 2 rings (SSSR count). The second-order valence-electron chi connectivity index (χ2n) is 4.62. The first-order chi connectivity index (χ1) is 9.40. The van der Waals surface area contributed by atoms with E-state index < -0.39 is 35.0 Å². The van der Waals surface area contributed by atoms with Crippen molar-refractivity contribution in [3.05, 3.63) is 64.7 Å². The molecule has 0 heterocycles. The third-order valence-electron chi connectivity index (χ3n) is 3.01. The van der Waals surface area contributed by atoms with E-state index in [-0.39, 0.29) is 6.07 Å². The Kier molecular flexibility index (Phi) is 3.97. The second kappa shape index (κ2) is 5.53. The Labute approximate surface area is 114 Å². The molecule has 2 aromatic rings. The van der Waals surface area contributed by atoms with Crippen molar-refractivity contribution < 1.29 is 17.6 Å². The molecule has 1 N–H and O–H groups in total. The molecule has 0 radical (unpaired) electrons. The fourth-order valence-corrected chi connectivity index (χ4v) is 1.94. The summed E-state index contributed by atoms with van der Waals surface area (Å²) in [6, 6.07) is 6.94. The summed E-state index contributed by atoms with van der Waals surface area (Å²) in [5.74, 6) is -5.71. The number of rotatable bonds is 3. The number of anilines is 1. The Balaban J connectivity index is 2.35. The van der Waals surface area contributed by atoms with E-state index in [9.17, 15) is 17.6 Å². The molecule has 1 nitrogen and oxygen atoms in total. The van der Waals surface area contributed by atoms with E-state index in [1.54, 1.807) is 19.1 Å². The average Bonchev–Trinajstić information content (AvgIpc) is 2.41. The maximum atomic E-state index is 13.6. The molecule has 20 heavy (non-hydrogen) atoms. The lowest BCUT2D eigenvalue weighted by molar-refractivity contribution is 0.457. The number of hydrogen-bond donors (Lipinski definition) is 1. The van der Waals surface area contributed by atoms with E-state index in [1.165, 1.54) is 0 Å². The van der Waals surface area contributed by atoms with Crippen LogP contribution < -0.4 is 5.32 Å². The number of halogens is 4. The number of aryl methyl sites for hydroxylation is 1. The molecule has 0 saturated heterocycles. The molecule has 0 aromatic heterocycles. The van der Waals surface area contributed by atoms with Crippen LogP contribution in [0, 0.1) is 30.2 Å². The highest BCUT2D eigenvalue weighted by molar-refractivity contribution is 5.49. The van der Waals surface area contributed by atoms with E-state index in [4.69, 9.17) is 0 Å². The molecule has 0 fully saturated rings. The Hall–Kier alpha value is -2.04. The van der Waals surface area contributed by atoms with Gasteiger partial charge in [-0.2, -0.15) is 0 Å². The number of benzene rings is 2. The van der Waals surface area contributed by atoms with Crippen molar-refractivity contribution in [1.29, 1.82) is 0 Å². The molecule has 0 amide bonds. The van der Waals surface area contributed by atoms with Gasteiger partial charge in [-0.05, 0) is 19.4 Å². The van der Waals surface area contributed by atoms with Crippen LogP contribution in [0.3, 0.4) is 0 Å². The molecule has 0 aliphatic rings. The predicted molar refractivity (Wildman–Crippen MR) is 69.5 cm³/mol. The maximum absolute atomic E-state index is 13.6. The summed E-state index contributed by atoms with van der Waals surface area (Å²) >= 11 is 0. The van der Waals surface area contributed by atoms with Gasteiger partial charge in [0.2, 0.25) is 0 Å². The van der Waals surface area contributed by atoms with Crippen LogP contribution in [0.5, 0.6) is 0 Å². The number of hydrogen-bond acceptors (Lipinski definition) is 1. The van der Waals surface area contributed by atoms with Gasteiger partial charge in [-0.25, -0.2) is 17.6 Å². The molecule has 0 aliphatic carbocycles. The van der Waals surface area contributed by atoms with Gasteiger partial charge in [0, 0.05) is 12.1 Å². The van der Waals surface area contributed by atoms with Crippen LogP contribution in [-0.2, 0) is 0 Å². The van der Waals surface area contributed by atoms with E-state index in [2.05, 4.69) is 5.32 Å². The predicted octanol–water partition coefficient (Wildman–Crippen LogP) is 4.72. The average molecular weight is 283 g/mol. The first-order valence-corrected chi connectivity index (χ1v) is 6.06. The fraction of sp³-hybridized carbons (Fsp3) is 0.200. The number of nitrogens with one attached hydrogen (secondary N) is 1. The van der Waals surface area contributed by atoms with Crippen LogP contribution in [0.2, 0.25) is 0 Å². The molecule has 0 bridgehead atoms. The van der Waals surface area contributed by atoms with Crippen molar-refractivity contribution in [2.24, 2.45) is 0 Å². The van der Waals surface area contributed by atoms with Gasteiger partial charge >= 0.3 is 0 Å². The van der Waals surface area contributed by atoms with Crippen LogP contribution in [-0.4, -0.2) is 0 Å². The SMILES string of the molecule is Cc1cccc(C(C)Nc2c(F)c(F)cc(F)c2F)c1. The van der Waals surface area contributed by atoms with Crippen molar-refractivity contribution in [3.63, 3.8) is 0 Å². The highest BCUT2D eigenvalue weighted by Gasteiger charge is 2.20. The Morgan fingerprint density at radius 3 is 2.10 bits per heavy atom. The third-order valence-corrected chi connectivity index (χ3v) is 3.01. The van der Waals surface area contributed by atoms with Crippen molar-refractivity contribution in [2.75, 3.05) is 5.32 Å². The second-order valence-corrected chi connectivity index (χ2v) is 4.62. The highest BCUT2D eigenvalue weighted by Crippen LogP contribution is 2.28. The molecule has 106 valence electrons. The first-order valence-electron chi connectivity index (χ1n) is 6.06. The largest absolute Gasteiger partial charge is 0.374 e. The van der Waals surface area contributed by atoms with Gasteiger partial charge in [-0.3, -0.25) is 0 Å². The van der Waals surface area contributed by atoms with E-state index >= 15 is 0 Å². The van der Waals surface area contributed by atoms with Crippen LogP contribution >= 0.6 is 0 Å². The van der Waals surface area contributed by atoms with Gasteiger partial charge < -0.3 is 5.32 Å². The zero-order valence-corrected chi connectivity index (χ0v) is 11.0. The first kappa shape index (κ1) is 14.4. The van der Waals surface area contributed by atoms with Crippen LogP contribution in [0.1, 0.15) is 24.1 Å². The summed E-state index contributed by atoms with van der Waals surface area (Å²) in [7, 11) is 0. The Morgan fingerprint density at radius 2 is 1.55 bits per heavy atom. The summed E-state index contributed by atoms with van der Waals surface area (Å²) in [6.07, 6.45) is 0. The van der Waals surface area contributed by atoms with Gasteiger partial charge in [-0.15, -0.1) is 0 Å². The topological polar surface area (TPSA) is 12.0 Å². The minimum absolute atomic E-state index is 0.188. The van der Waals surface area contributed by atoms with Gasteiger partial charge in [-0.1, -0.05) is 29.8 Å². The molecular weight excluding hydrogens is 270 g/mol. The Bertz CT molecular complexity index is 614. The fourth-order valence-electron chi connectivity index (χ4n) is 1.94. The molecule has 1 unspecified atom stereocenters. The van der Waals surface area contributed by atoms with Gasteiger partial charge in [0.05, 0.1) is 0 Å². The van der Waals surface area contributed by atoms with E-state index in [0.717, 1.165) is 11.1 Å². The third kappa shape index (κ3) is 2.76. The zero-order chi connectivity index (χ0) is 14.9. The van der Waals surface area contributed by atoms with Gasteiger partial charge in [0.1, 0.15) is 5.69 Å². The van der Waals surface area contributed by atoms with E-state index in [0.29, 0.717) is 0 Å². The van der Waals surface area contributed by atoms with Crippen LogP contribution in [0.4, 0.5) is 23.2 Å². The smallest absolute Gasteiger partial charge is 0.185 e. The van der Waals surface area contributed by atoms with Crippen molar-refractivity contribution in [1.82, 2.24) is 0 Å². The maximum Gasteiger partial charge on any atom is 0.185 e. The Morgan fingerprint density at radius 1 is 0.950 bits per heavy atom. The molecule has 0 spiro atoms. The quantitative estimate of drug-likeness (QED) is 0.634. The normalized spacial score (nSPS) is 12.3. The standard InChI is InChI=1S/C15H13F4N/c1-8-4-3-5-10(6-8)9(2)20-15-13(18)11(16)7-12(17)14(15)19/h3-7,9,20H,1-2H3. The lowest BCUT2D eigenvalue weighted by Gasteiger charge is -2.17. The highest BCUT2D eigenvalue weighted by atomic mass is 19.2. The molecule has 1 atom stereocenters. The lowest BCUT2D eigenvalue weighted by atomic mass is 10.1. The van der Waals surface area contributed by atoms with Crippen molar-refractivity contribution in [3.8, 4) is 0 Å². The zero-order valence-electron chi connectivity index (χ0n) is 11.0. The van der Waals surface area contributed by atoms with Gasteiger partial charge in [0.25, 0.3) is 0 Å². The summed E-state index contributed by atoms with van der Waals surface area (Å²) in [5.41, 5.74) is 0.937. The monoisotopic (exact) mass is 283 g/mol.